The summed E-state index contributed by atoms with van der Waals surface area (Å²) in [6, 6.07) is 10.1. The Labute approximate surface area is 204 Å². The lowest BCUT2D eigenvalue weighted by atomic mass is 10.0. The lowest BCUT2D eigenvalue weighted by molar-refractivity contribution is 0.143. The third kappa shape index (κ3) is 3.75. The molecule has 1 saturated heterocycles. The molecule has 2 aliphatic heterocycles. The monoisotopic (exact) mass is 474 g/mol. The predicted molar refractivity (Wildman–Crippen MR) is 133 cm³/mol. The fraction of sp³-hybridized carbons (Fsp3) is 0.423. The molecule has 4 aromatic rings. The standard InChI is InChI=1S/C26H30N6O3/c1-17-23(18(2)35-29-17)19-7-8-21-24-25(19)34-16-22(20-6-4-5-9-27-20)32(24)26(28-21)31-12-10-30(11-13-31)14-15-33-3/h4-9,22H,10-16H2,1-3H3/t22-/m1/s1. The Hall–Kier alpha value is -3.43. The van der Waals surface area contributed by atoms with E-state index in [1.165, 1.54) is 0 Å². The van der Waals surface area contributed by atoms with Gasteiger partial charge in [0.05, 0.1) is 29.1 Å². The number of nitrogens with zero attached hydrogens (tertiary/aromatic N) is 6. The molecular formula is C26H30N6O3. The zero-order valence-electron chi connectivity index (χ0n) is 20.4. The largest absolute Gasteiger partial charge is 0.488 e. The van der Waals surface area contributed by atoms with Gasteiger partial charge < -0.3 is 18.9 Å². The molecule has 6 rings (SSSR count). The van der Waals surface area contributed by atoms with Crippen molar-refractivity contribution >= 4 is 17.0 Å². The van der Waals surface area contributed by atoms with Gasteiger partial charge in [-0.25, -0.2) is 4.98 Å². The van der Waals surface area contributed by atoms with Crippen molar-refractivity contribution in [3.8, 4) is 16.9 Å². The molecule has 0 spiro atoms. The number of imidazole rings is 1. The van der Waals surface area contributed by atoms with Crippen molar-refractivity contribution in [2.24, 2.45) is 0 Å². The van der Waals surface area contributed by atoms with Gasteiger partial charge in [0.15, 0.2) is 5.75 Å². The first-order chi connectivity index (χ1) is 17.2. The summed E-state index contributed by atoms with van der Waals surface area (Å²) in [6.45, 7) is 9.89. The first kappa shape index (κ1) is 22.1. The quantitative estimate of drug-likeness (QED) is 0.420. The molecule has 0 unspecified atom stereocenters. The zero-order valence-corrected chi connectivity index (χ0v) is 20.4. The van der Waals surface area contributed by atoms with Crippen molar-refractivity contribution in [3.05, 3.63) is 53.7 Å². The Morgan fingerprint density at radius 2 is 1.94 bits per heavy atom. The van der Waals surface area contributed by atoms with E-state index >= 15 is 0 Å². The Bertz CT molecular complexity index is 1320. The average molecular weight is 475 g/mol. The topological polar surface area (TPSA) is 81.7 Å². The van der Waals surface area contributed by atoms with E-state index in [0.29, 0.717) is 6.61 Å². The van der Waals surface area contributed by atoms with Gasteiger partial charge in [-0.05, 0) is 38.1 Å². The lowest BCUT2D eigenvalue weighted by Crippen LogP contribution is -2.48. The number of rotatable bonds is 6. The molecule has 9 heteroatoms. The Kier molecular flexibility index (Phi) is 5.66. The Morgan fingerprint density at radius 1 is 1.09 bits per heavy atom. The number of hydrogen-bond donors (Lipinski definition) is 0. The molecule has 0 saturated carbocycles. The Balaban J connectivity index is 1.48. The number of anilines is 1. The summed E-state index contributed by atoms with van der Waals surface area (Å²) in [6.07, 6.45) is 1.84. The third-order valence-corrected chi connectivity index (χ3v) is 7.08. The Morgan fingerprint density at radius 3 is 2.66 bits per heavy atom. The summed E-state index contributed by atoms with van der Waals surface area (Å²) in [5.41, 5.74) is 5.73. The second-order valence-electron chi connectivity index (χ2n) is 9.19. The van der Waals surface area contributed by atoms with Gasteiger partial charge in [-0.15, -0.1) is 0 Å². The third-order valence-electron chi connectivity index (χ3n) is 7.08. The molecule has 1 aromatic carbocycles. The van der Waals surface area contributed by atoms with Gasteiger partial charge in [-0.2, -0.15) is 0 Å². The van der Waals surface area contributed by atoms with E-state index in [4.69, 9.17) is 19.0 Å². The highest BCUT2D eigenvalue weighted by atomic mass is 16.5. The number of methoxy groups -OCH3 is 1. The summed E-state index contributed by atoms with van der Waals surface area (Å²) in [5.74, 6) is 2.59. The van der Waals surface area contributed by atoms with Crippen molar-refractivity contribution in [2.75, 3.05) is 57.9 Å². The molecule has 1 atom stereocenters. The summed E-state index contributed by atoms with van der Waals surface area (Å²) in [4.78, 5) is 14.7. The molecule has 0 amide bonds. The van der Waals surface area contributed by atoms with Crippen LogP contribution in [-0.2, 0) is 4.74 Å². The van der Waals surface area contributed by atoms with Crippen LogP contribution in [0.3, 0.4) is 0 Å². The van der Waals surface area contributed by atoms with Crippen LogP contribution in [0.25, 0.3) is 22.2 Å². The van der Waals surface area contributed by atoms with Crippen LogP contribution in [0.15, 0.2) is 41.1 Å². The van der Waals surface area contributed by atoms with Crippen molar-refractivity contribution in [1.29, 1.82) is 0 Å². The molecule has 182 valence electrons. The number of pyridine rings is 1. The van der Waals surface area contributed by atoms with E-state index < -0.39 is 0 Å². The van der Waals surface area contributed by atoms with E-state index in [0.717, 1.165) is 90.3 Å². The maximum atomic E-state index is 6.48. The van der Waals surface area contributed by atoms with Crippen molar-refractivity contribution in [3.63, 3.8) is 0 Å². The van der Waals surface area contributed by atoms with Crippen molar-refractivity contribution in [2.45, 2.75) is 19.9 Å². The molecule has 1 fully saturated rings. The maximum Gasteiger partial charge on any atom is 0.207 e. The van der Waals surface area contributed by atoms with E-state index in [1.807, 2.05) is 32.2 Å². The number of piperazine rings is 1. The molecule has 2 aliphatic rings. The van der Waals surface area contributed by atoms with Gasteiger partial charge in [0, 0.05) is 51.6 Å². The van der Waals surface area contributed by atoms with Crippen LogP contribution < -0.4 is 9.64 Å². The van der Waals surface area contributed by atoms with Crippen molar-refractivity contribution in [1.82, 2.24) is 24.6 Å². The minimum Gasteiger partial charge on any atom is -0.488 e. The van der Waals surface area contributed by atoms with Gasteiger partial charge in [0.25, 0.3) is 0 Å². The highest BCUT2D eigenvalue weighted by molar-refractivity contribution is 5.94. The SMILES string of the molecule is COCCN1CCN(c2nc3ccc(-c4c(C)noc4C)c4c3n2[C@@H](c2ccccn2)CO4)CC1. The summed E-state index contributed by atoms with van der Waals surface area (Å²) < 4.78 is 19.6. The van der Waals surface area contributed by atoms with Crippen LogP contribution in [0.4, 0.5) is 5.95 Å². The maximum absolute atomic E-state index is 6.48. The van der Waals surface area contributed by atoms with E-state index in [1.54, 1.807) is 7.11 Å². The second-order valence-corrected chi connectivity index (χ2v) is 9.19. The number of benzene rings is 1. The van der Waals surface area contributed by atoms with E-state index in [-0.39, 0.29) is 6.04 Å². The number of ether oxygens (including phenoxy) is 2. The molecule has 3 aromatic heterocycles. The fourth-order valence-electron chi connectivity index (χ4n) is 5.29. The fourth-order valence-corrected chi connectivity index (χ4v) is 5.29. The van der Waals surface area contributed by atoms with Gasteiger partial charge in [0.1, 0.15) is 23.9 Å². The van der Waals surface area contributed by atoms with Gasteiger partial charge in [-0.1, -0.05) is 11.2 Å². The van der Waals surface area contributed by atoms with Crippen LogP contribution >= 0.6 is 0 Å². The first-order valence-electron chi connectivity index (χ1n) is 12.1. The van der Waals surface area contributed by atoms with Crippen LogP contribution in [0.2, 0.25) is 0 Å². The van der Waals surface area contributed by atoms with E-state index in [2.05, 4.69) is 42.7 Å². The second kappa shape index (κ2) is 8.98. The average Bonchev–Trinajstić information content (AvgIpc) is 3.45. The van der Waals surface area contributed by atoms with Gasteiger partial charge in [0.2, 0.25) is 5.95 Å². The van der Waals surface area contributed by atoms with Crippen LogP contribution in [0, 0.1) is 13.8 Å². The number of aryl methyl sites for hydroxylation is 2. The number of aromatic nitrogens is 4. The highest BCUT2D eigenvalue weighted by Gasteiger charge is 2.34. The molecule has 35 heavy (non-hydrogen) atoms. The molecule has 0 N–H and O–H groups in total. The summed E-state index contributed by atoms with van der Waals surface area (Å²) >= 11 is 0. The molecule has 0 radical (unpaired) electrons. The van der Waals surface area contributed by atoms with Gasteiger partial charge in [-0.3, -0.25) is 14.5 Å². The number of hydrogen-bond acceptors (Lipinski definition) is 8. The predicted octanol–water partition coefficient (Wildman–Crippen LogP) is 3.45. The smallest absolute Gasteiger partial charge is 0.207 e. The van der Waals surface area contributed by atoms with Crippen LogP contribution in [-0.4, -0.2) is 77.6 Å². The lowest BCUT2D eigenvalue weighted by Gasteiger charge is -2.37. The molecule has 5 heterocycles. The molecular weight excluding hydrogens is 444 g/mol. The molecule has 0 bridgehead atoms. The van der Waals surface area contributed by atoms with Gasteiger partial charge >= 0.3 is 0 Å². The van der Waals surface area contributed by atoms with E-state index in [9.17, 15) is 0 Å². The highest BCUT2D eigenvalue weighted by Crippen LogP contribution is 2.45. The minimum absolute atomic E-state index is 0.0601. The minimum atomic E-state index is -0.0601. The summed E-state index contributed by atoms with van der Waals surface area (Å²) in [5, 5.41) is 4.17. The zero-order chi connectivity index (χ0) is 23.9. The normalized spacial score (nSPS) is 18.3. The van der Waals surface area contributed by atoms with Crippen LogP contribution in [0.1, 0.15) is 23.2 Å². The first-order valence-corrected chi connectivity index (χ1v) is 12.1. The summed E-state index contributed by atoms with van der Waals surface area (Å²) in [7, 11) is 1.76. The molecule has 0 aliphatic carbocycles. The molecule has 9 nitrogen and oxygen atoms in total. The van der Waals surface area contributed by atoms with Crippen molar-refractivity contribution < 1.29 is 14.0 Å². The van der Waals surface area contributed by atoms with Crippen LogP contribution in [0.5, 0.6) is 5.75 Å².